The van der Waals surface area contributed by atoms with Gasteiger partial charge in [-0.3, -0.25) is 4.79 Å². The Hall–Kier alpha value is -1.36. The van der Waals surface area contributed by atoms with Gasteiger partial charge >= 0.3 is 0 Å². The zero-order valence-corrected chi connectivity index (χ0v) is 9.40. The van der Waals surface area contributed by atoms with E-state index >= 15 is 0 Å². The van der Waals surface area contributed by atoms with Crippen LogP contribution in [0.4, 0.5) is 0 Å². The van der Waals surface area contributed by atoms with Gasteiger partial charge < -0.3 is 15.6 Å². The van der Waals surface area contributed by atoms with Crippen LogP contribution in [0.25, 0.3) is 0 Å². The van der Waals surface area contributed by atoms with E-state index in [0.717, 1.165) is 18.5 Å². The largest absolute Gasteiger partial charge is 0.359 e. The summed E-state index contributed by atoms with van der Waals surface area (Å²) >= 11 is 0. The molecule has 1 fully saturated rings. The van der Waals surface area contributed by atoms with Gasteiger partial charge in [0.2, 0.25) is 5.91 Å². The van der Waals surface area contributed by atoms with E-state index in [9.17, 15) is 4.79 Å². The van der Waals surface area contributed by atoms with Crippen LogP contribution in [0, 0.1) is 12.8 Å². The second kappa shape index (κ2) is 4.65. The van der Waals surface area contributed by atoms with Gasteiger partial charge in [-0.15, -0.1) is 0 Å². The van der Waals surface area contributed by atoms with Crippen molar-refractivity contribution < 1.29 is 9.32 Å². The first-order chi connectivity index (χ1) is 7.65. The van der Waals surface area contributed by atoms with Crippen LogP contribution in [-0.2, 0) is 11.3 Å². The van der Waals surface area contributed by atoms with Gasteiger partial charge in [0.1, 0.15) is 0 Å². The third-order valence-electron chi connectivity index (χ3n) is 2.79. The quantitative estimate of drug-likeness (QED) is 0.771. The Morgan fingerprint density at radius 1 is 1.75 bits per heavy atom. The van der Waals surface area contributed by atoms with Crippen molar-refractivity contribution in [1.82, 2.24) is 10.5 Å². The van der Waals surface area contributed by atoms with Crippen molar-refractivity contribution in [3.8, 4) is 0 Å². The molecule has 2 rings (SSSR count). The third kappa shape index (κ3) is 3.06. The predicted molar refractivity (Wildman–Crippen MR) is 58.4 cm³/mol. The molecule has 1 saturated carbocycles. The molecule has 1 atom stereocenters. The summed E-state index contributed by atoms with van der Waals surface area (Å²) in [7, 11) is 0. The van der Waals surface area contributed by atoms with Crippen LogP contribution in [-0.4, -0.2) is 17.1 Å². The zero-order chi connectivity index (χ0) is 11.5. The van der Waals surface area contributed by atoms with Crippen molar-refractivity contribution in [2.45, 2.75) is 38.8 Å². The minimum Gasteiger partial charge on any atom is -0.359 e. The molecule has 5 heteroatoms. The summed E-state index contributed by atoms with van der Waals surface area (Å²) in [5.41, 5.74) is 6.67. The first kappa shape index (κ1) is 11.1. The number of hydrogen-bond donors (Lipinski definition) is 2. The molecule has 1 aromatic rings. The molecule has 16 heavy (non-hydrogen) atoms. The second-order valence-corrected chi connectivity index (χ2v) is 4.42. The summed E-state index contributed by atoms with van der Waals surface area (Å²) in [4.78, 5) is 11.5. The molecule has 3 N–H and O–H groups in total. The molecule has 1 aromatic heterocycles. The fourth-order valence-electron chi connectivity index (χ4n) is 1.66. The highest BCUT2D eigenvalue weighted by Gasteiger charge is 2.29. The predicted octanol–water partition coefficient (Wildman–Crippen LogP) is 0.727. The molecule has 0 spiro atoms. The standard InChI is InChI=1S/C11H17N3O2/c1-7-4-9(16-14-7)6-13-11(15)5-10(12)8-2-3-8/h4,8,10H,2-3,5-6,12H2,1H3,(H,13,15). The molecule has 0 aliphatic heterocycles. The number of nitrogens with two attached hydrogens (primary N) is 1. The van der Waals surface area contributed by atoms with E-state index in [1.165, 1.54) is 0 Å². The minimum atomic E-state index is -0.0200. The normalized spacial score (nSPS) is 17.1. The van der Waals surface area contributed by atoms with Crippen LogP contribution < -0.4 is 11.1 Å². The SMILES string of the molecule is Cc1cc(CNC(=O)CC(N)C2CC2)on1. The van der Waals surface area contributed by atoms with Gasteiger partial charge in [-0.2, -0.15) is 0 Å². The highest BCUT2D eigenvalue weighted by Crippen LogP contribution is 2.32. The lowest BCUT2D eigenvalue weighted by molar-refractivity contribution is -0.121. The van der Waals surface area contributed by atoms with Crippen molar-refractivity contribution >= 4 is 5.91 Å². The molecule has 88 valence electrons. The van der Waals surface area contributed by atoms with E-state index in [0.29, 0.717) is 24.6 Å². The highest BCUT2D eigenvalue weighted by molar-refractivity contribution is 5.76. The van der Waals surface area contributed by atoms with E-state index < -0.39 is 0 Å². The highest BCUT2D eigenvalue weighted by atomic mass is 16.5. The van der Waals surface area contributed by atoms with Crippen molar-refractivity contribution in [3.63, 3.8) is 0 Å². The lowest BCUT2D eigenvalue weighted by Gasteiger charge is -2.09. The molecule has 1 heterocycles. The summed E-state index contributed by atoms with van der Waals surface area (Å²) in [6.45, 7) is 2.23. The molecular formula is C11H17N3O2. The monoisotopic (exact) mass is 223 g/mol. The maximum absolute atomic E-state index is 11.5. The van der Waals surface area contributed by atoms with E-state index in [1.54, 1.807) is 6.07 Å². The van der Waals surface area contributed by atoms with Gasteiger partial charge in [-0.05, 0) is 25.7 Å². The number of carbonyl (C=O) groups excluding carboxylic acids is 1. The summed E-state index contributed by atoms with van der Waals surface area (Å²) in [5.74, 6) is 1.21. The van der Waals surface area contributed by atoms with Crippen LogP contribution in [0.1, 0.15) is 30.7 Å². The number of rotatable bonds is 5. The molecule has 0 aromatic carbocycles. The summed E-state index contributed by atoms with van der Waals surface area (Å²) in [6, 6.07) is 1.82. The fourth-order valence-corrected chi connectivity index (χ4v) is 1.66. The Balaban J connectivity index is 1.70. The van der Waals surface area contributed by atoms with Crippen molar-refractivity contribution in [3.05, 3.63) is 17.5 Å². The van der Waals surface area contributed by atoms with Crippen molar-refractivity contribution in [2.24, 2.45) is 11.7 Å². The van der Waals surface area contributed by atoms with Gasteiger partial charge in [-0.25, -0.2) is 0 Å². The number of carbonyl (C=O) groups is 1. The average molecular weight is 223 g/mol. The lowest BCUT2D eigenvalue weighted by Crippen LogP contribution is -2.32. The fraction of sp³-hybridized carbons (Fsp3) is 0.636. The Labute approximate surface area is 94.4 Å². The van der Waals surface area contributed by atoms with Crippen LogP contribution in [0.3, 0.4) is 0 Å². The van der Waals surface area contributed by atoms with Crippen LogP contribution >= 0.6 is 0 Å². The Morgan fingerprint density at radius 2 is 2.50 bits per heavy atom. The molecule has 1 aliphatic carbocycles. The van der Waals surface area contributed by atoms with Gasteiger partial charge in [0.15, 0.2) is 5.76 Å². The Kier molecular flexibility index (Phi) is 3.24. The van der Waals surface area contributed by atoms with Crippen LogP contribution in [0.15, 0.2) is 10.6 Å². The summed E-state index contributed by atoms with van der Waals surface area (Å²) in [6.07, 6.45) is 2.73. The van der Waals surface area contributed by atoms with Gasteiger partial charge in [0.25, 0.3) is 0 Å². The maximum atomic E-state index is 11.5. The number of nitrogens with zero attached hydrogens (tertiary/aromatic N) is 1. The molecule has 1 amide bonds. The molecule has 0 bridgehead atoms. The van der Waals surface area contributed by atoms with Crippen LogP contribution in [0.2, 0.25) is 0 Å². The first-order valence-electron chi connectivity index (χ1n) is 5.59. The lowest BCUT2D eigenvalue weighted by atomic mass is 10.1. The summed E-state index contributed by atoms with van der Waals surface area (Å²) < 4.78 is 4.98. The number of aromatic nitrogens is 1. The van der Waals surface area contributed by atoms with Crippen molar-refractivity contribution in [2.75, 3.05) is 0 Å². The Morgan fingerprint density at radius 3 is 3.06 bits per heavy atom. The van der Waals surface area contributed by atoms with E-state index in [-0.39, 0.29) is 11.9 Å². The summed E-state index contributed by atoms with van der Waals surface area (Å²) in [5, 5.41) is 6.52. The van der Waals surface area contributed by atoms with Gasteiger partial charge in [0, 0.05) is 18.5 Å². The smallest absolute Gasteiger partial charge is 0.221 e. The average Bonchev–Trinajstić information content (AvgIpc) is 3.00. The molecule has 5 nitrogen and oxygen atoms in total. The number of nitrogens with one attached hydrogen (secondary N) is 1. The molecule has 0 saturated heterocycles. The third-order valence-corrected chi connectivity index (χ3v) is 2.79. The topological polar surface area (TPSA) is 81.2 Å². The van der Waals surface area contributed by atoms with Gasteiger partial charge in [0.05, 0.1) is 12.2 Å². The van der Waals surface area contributed by atoms with Gasteiger partial charge in [-0.1, -0.05) is 5.16 Å². The van der Waals surface area contributed by atoms with Crippen molar-refractivity contribution in [1.29, 1.82) is 0 Å². The molecular weight excluding hydrogens is 206 g/mol. The van der Waals surface area contributed by atoms with E-state index in [2.05, 4.69) is 10.5 Å². The number of aryl methyl sites for hydroxylation is 1. The molecule has 1 aliphatic rings. The number of hydrogen-bond acceptors (Lipinski definition) is 4. The maximum Gasteiger partial charge on any atom is 0.221 e. The van der Waals surface area contributed by atoms with E-state index in [1.807, 2.05) is 6.92 Å². The first-order valence-corrected chi connectivity index (χ1v) is 5.59. The minimum absolute atomic E-state index is 0.0106. The molecule has 0 radical (unpaired) electrons. The van der Waals surface area contributed by atoms with Crippen LogP contribution in [0.5, 0.6) is 0 Å². The molecule has 1 unspecified atom stereocenters. The van der Waals surface area contributed by atoms with E-state index in [4.69, 9.17) is 10.3 Å². The second-order valence-electron chi connectivity index (χ2n) is 4.42. The number of amides is 1. The zero-order valence-electron chi connectivity index (χ0n) is 9.40. The Bertz CT molecular complexity index is 371.